The zero-order chi connectivity index (χ0) is 16.4. The van der Waals surface area contributed by atoms with Crippen molar-refractivity contribution in [3.63, 3.8) is 0 Å². The van der Waals surface area contributed by atoms with Crippen molar-refractivity contribution in [2.24, 2.45) is 14.1 Å². The summed E-state index contributed by atoms with van der Waals surface area (Å²) in [7, 11) is 2.87. The van der Waals surface area contributed by atoms with Crippen LogP contribution in [0.2, 0.25) is 0 Å². The van der Waals surface area contributed by atoms with Crippen molar-refractivity contribution in [1.82, 2.24) is 14.0 Å². The van der Waals surface area contributed by atoms with Gasteiger partial charge in [-0.15, -0.1) is 0 Å². The Labute approximate surface area is 127 Å². The summed E-state index contributed by atoms with van der Waals surface area (Å²) >= 11 is 0. The largest absolute Gasteiger partial charge is 0.367 e. The van der Waals surface area contributed by atoms with E-state index in [-0.39, 0.29) is 23.3 Å². The van der Waals surface area contributed by atoms with Gasteiger partial charge in [-0.2, -0.15) is 5.26 Å². The number of nitriles is 1. The highest BCUT2D eigenvalue weighted by Gasteiger charge is 2.23. The highest BCUT2D eigenvalue weighted by molar-refractivity contribution is 5.73. The molecule has 0 spiro atoms. The first-order chi connectivity index (χ1) is 10.4. The standard InChI is InChI=1S/C14H19N5O3/c1-9(20)19-6-4-10(5-7-19)16-12-11(8-15)13(21)18(3)14(22)17(12)2/h10,16H,4-7H2,1-3H3. The number of rotatable bonds is 2. The van der Waals surface area contributed by atoms with Crippen LogP contribution in [-0.2, 0) is 18.9 Å². The highest BCUT2D eigenvalue weighted by Crippen LogP contribution is 2.17. The molecule has 0 atom stereocenters. The van der Waals surface area contributed by atoms with Gasteiger partial charge in [0.1, 0.15) is 11.9 Å². The van der Waals surface area contributed by atoms with Gasteiger partial charge in [0, 0.05) is 40.2 Å². The van der Waals surface area contributed by atoms with E-state index in [1.54, 1.807) is 4.90 Å². The molecule has 2 rings (SSSR count). The Kier molecular flexibility index (Phi) is 4.35. The lowest BCUT2D eigenvalue weighted by Crippen LogP contribution is -2.44. The maximum atomic E-state index is 12.0. The molecule has 1 fully saturated rings. The molecule has 1 aromatic heterocycles. The van der Waals surface area contributed by atoms with Gasteiger partial charge in [0.15, 0.2) is 5.56 Å². The third-order valence-electron chi connectivity index (χ3n) is 4.06. The van der Waals surface area contributed by atoms with E-state index in [2.05, 4.69) is 5.32 Å². The molecule has 0 unspecified atom stereocenters. The van der Waals surface area contributed by atoms with Crippen LogP contribution in [0.4, 0.5) is 5.82 Å². The number of anilines is 1. The number of likely N-dealkylation sites (tertiary alicyclic amines) is 1. The van der Waals surface area contributed by atoms with E-state index in [0.717, 1.165) is 4.57 Å². The lowest BCUT2D eigenvalue weighted by molar-refractivity contribution is -0.129. The van der Waals surface area contributed by atoms with Gasteiger partial charge in [0.05, 0.1) is 0 Å². The smallest absolute Gasteiger partial charge is 0.332 e. The Hall–Kier alpha value is -2.56. The Morgan fingerprint density at radius 2 is 1.82 bits per heavy atom. The average molecular weight is 305 g/mol. The molecule has 1 aliphatic rings. The molecule has 8 nitrogen and oxygen atoms in total. The van der Waals surface area contributed by atoms with Crippen LogP contribution in [0.25, 0.3) is 0 Å². The minimum Gasteiger partial charge on any atom is -0.367 e. The normalized spacial score (nSPS) is 15.5. The molecule has 1 saturated heterocycles. The van der Waals surface area contributed by atoms with Crippen molar-refractivity contribution in [2.45, 2.75) is 25.8 Å². The number of carbonyl (C=O) groups is 1. The SMILES string of the molecule is CC(=O)N1CCC(Nc2c(C#N)c(=O)n(C)c(=O)n2C)CC1. The number of carbonyl (C=O) groups excluding carboxylic acids is 1. The zero-order valence-corrected chi connectivity index (χ0v) is 12.9. The molecule has 0 radical (unpaired) electrons. The predicted molar refractivity (Wildman–Crippen MR) is 80.5 cm³/mol. The van der Waals surface area contributed by atoms with Crippen LogP contribution >= 0.6 is 0 Å². The van der Waals surface area contributed by atoms with Gasteiger partial charge in [0.2, 0.25) is 5.91 Å². The van der Waals surface area contributed by atoms with Gasteiger partial charge in [-0.25, -0.2) is 4.79 Å². The topological polar surface area (TPSA) is 100 Å². The van der Waals surface area contributed by atoms with Crippen LogP contribution in [0, 0.1) is 11.3 Å². The maximum Gasteiger partial charge on any atom is 0.332 e. The molecular weight excluding hydrogens is 286 g/mol. The first-order valence-electron chi connectivity index (χ1n) is 7.09. The van der Waals surface area contributed by atoms with E-state index in [1.807, 2.05) is 6.07 Å². The molecule has 118 valence electrons. The van der Waals surface area contributed by atoms with Crippen LogP contribution in [0.1, 0.15) is 25.3 Å². The zero-order valence-electron chi connectivity index (χ0n) is 12.9. The van der Waals surface area contributed by atoms with Crippen LogP contribution < -0.4 is 16.6 Å². The second-order valence-electron chi connectivity index (χ2n) is 5.47. The van der Waals surface area contributed by atoms with Crippen LogP contribution in [-0.4, -0.2) is 39.1 Å². The van der Waals surface area contributed by atoms with Gasteiger partial charge in [0.25, 0.3) is 5.56 Å². The molecule has 1 N–H and O–H groups in total. The first kappa shape index (κ1) is 15.8. The number of amides is 1. The van der Waals surface area contributed by atoms with Gasteiger partial charge >= 0.3 is 5.69 Å². The fourth-order valence-corrected chi connectivity index (χ4v) is 2.65. The van der Waals surface area contributed by atoms with Gasteiger partial charge in [-0.3, -0.25) is 18.7 Å². The predicted octanol–water partition coefficient (Wildman–Crippen LogP) is -0.622. The van der Waals surface area contributed by atoms with E-state index < -0.39 is 11.2 Å². The lowest BCUT2D eigenvalue weighted by Gasteiger charge is -2.32. The summed E-state index contributed by atoms with van der Waals surface area (Å²) in [6, 6.07) is 1.88. The van der Waals surface area contributed by atoms with E-state index in [0.29, 0.717) is 25.9 Å². The molecule has 1 aliphatic heterocycles. The second-order valence-corrected chi connectivity index (χ2v) is 5.47. The molecule has 0 aromatic carbocycles. The Morgan fingerprint density at radius 3 is 2.32 bits per heavy atom. The fourth-order valence-electron chi connectivity index (χ4n) is 2.65. The molecule has 1 amide bonds. The summed E-state index contributed by atoms with van der Waals surface area (Å²) in [4.78, 5) is 37.1. The van der Waals surface area contributed by atoms with Crippen molar-refractivity contribution in [1.29, 1.82) is 5.26 Å². The summed E-state index contributed by atoms with van der Waals surface area (Å²) in [5.41, 5.74) is -1.15. The third kappa shape index (κ3) is 2.74. The summed E-state index contributed by atoms with van der Waals surface area (Å²) in [6.45, 7) is 2.77. The average Bonchev–Trinajstić information content (AvgIpc) is 2.51. The first-order valence-corrected chi connectivity index (χ1v) is 7.09. The fraction of sp³-hybridized carbons (Fsp3) is 0.571. The van der Waals surface area contributed by atoms with Crippen molar-refractivity contribution in [3.8, 4) is 6.07 Å². The summed E-state index contributed by atoms with van der Waals surface area (Å²) < 4.78 is 2.19. The van der Waals surface area contributed by atoms with Crippen LogP contribution in [0.15, 0.2) is 9.59 Å². The van der Waals surface area contributed by atoms with Crippen molar-refractivity contribution < 1.29 is 4.79 Å². The van der Waals surface area contributed by atoms with Gasteiger partial charge in [-0.1, -0.05) is 0 Å². The van der Waals surface area contributed by atoms with E-state index >= 15 is 0 Å². The molecule has 2 heterocycles. The Bertz CT molecular complexity index is 747. The van der Waals surface area contributed by atoms with Crippen LogP contribution in [0.5, 0.6) is 0 Å². The molecule has 0 aliphatic carbocycles. The molecule has 22 heavy (non-hydrogen) atoms. The molecule has 1 aromatic rings. The van der Waals surface area contributed by atoms with Crippen molar-refractivity contribution in [2.75, 3.05) is 18.4 Å². The van der Waals surface area contributed by atoms with Gasteiger partial charge < -0.3 is 10.2 Å². The quantitative estimate of drug-likeness (QED) is 0.785. The van der Waals surface area contributed by atoms with E-state index in [9.17, 15) is 19.6 Å². The second kappa shape index (κ2) is 6.05. The molecular formula is C14H19N5O3. The molecule has 0 bridgehead atoms. The number of nitrogens with zero attached hydrogens (tertiary/aromatic N) is 4. The summed E-state index contributed by atoms with van der Waals surface area (Å²) in [5.74, 6) is 0.286. The number of aromatic nitrogens is 2. The van der Waals surface area contributed by atoms with Crippen molar-refractivity contribution in [3.05, 3.63) is 26.4 Å². The molecule has 8 heteroatoms. The Morgan fingerprint density at radius 1 is 1.23 bits per heavy atom. The van der Waals surface area contributed by atoms with E-state index in [4.69, 9.17) is 0 Å². The monoisotopic (exact) mass is 305 g/mol. The Balaban J connectivity index is 2.28. The third-order valence-corrected chi connectivity index (χ3v) is 4.06. The van der Waals surface area contributed by atoms with Gasteiger partial charge in [-0.05, 0) is 12.8 Å². The lowest BCUT2D eigenvalue weighted by atomic mass is 10.0. The van der Waals surface area contributed by atoms with Crippen LogP contribution in [0.3, 0.4) is 0 Å². The summed E-state index contributed by atoms with van der Waals surface area (Å²) in [5, 5.41) is 12.3. The maximum absolute atomic E-state index is 12.0. The highest BCUT2D eigenvalue weighted by atomic mass is 16.2. The minimum absolute atomic E-state index is 0.0143. The number of piperidine rings is 1. The minimum atomic E-state index is -0.603. The van der Waals surface area contributed by atoms with Crippen molar-refractivity contribution >= 4 is 11.7 Å². The van der Waals surface area contributed by atoms with E-state index in [1.165, 1.54) is 25.6 Å². The number of nitrogens with one attached hydrogen (secondary N) is 1. The number of hydrogen-bond acceptors (Lipinski definition) is 5. The molecule has 0 saturated carbocycles. The summed E-state index contributed by atoms with van der Waals surface area (Å²) in [6.07, 6.45) is 1.40. The number of hydrogen-bond donors (Lipinski definition) is 1.